The summed E-state index contributed by atoms with van der Waals surface area (Å²) in [6.07, 6.45) is 5.02. The van der Waals surface area contributed by atoms with Crippen molar-refractivity contribution >= 4 is 5.78 Å². The molecule has 0 aliphatic carbocycles. The lowest BCUT2D eigenvalue weighted by Gasteiger charge is -2.02. The molecular weight excluding hydrogens is 193 g/mol. The van der Waals surface area contributed by atoms with E-state index in [4.69, 9.17) is 6.42 Å². The van der Waals surface area contributed by atoms with Gasteiger partial charge in [0.2, 0.25) is 0 Å². The molecule has 1 aromatic carbocycles. The minimum Gasteiger partial charge on any atom is -0.299 e. The number of carbonyl (C=O) groups is 1. The number of nitrogens with one attached hydrogen (secondary N) is 1. The van der Waals surface area contributed by atoms with Crippen molar-refractivity contribution < 1.29 is 9.18 Å². The van der Waals surface area contributed by atoms with Crippen molar-refractivity contribution in [2.75, 3.05) is 13.1 Å². The van der Waals surface area contributed by atoms with Crippen LogP contribution < -0.4 is 5.32 Å². The van der Waals surface area contributed by atoms with Gasteiger partial charge in [-0.1, -0.05) is 5.92 Å². The van der Waals surface area contributed by atoms with E-state index in [2.05, 4.69) is 11.2 Å². The van der Waals surface area contributed by atoms with Gasteiger partial charge in [-0.05, 0) is 30.7 Å². The van der Waals surface area contributed by atoms with Crippen LogP contribution in [0.4, 0.5) is 4.39 Å². The van der Waals surface area contributed by atoms with Crippen LogP contribution in [0.1, 0.15) is 15.9 Å². The van der Waals surface area contributed by atoms with E-state index in [0.29, 0.717) is 12.1 Å². The Labute approximate surface area is 88.5 Å². The van der Waals surface area contributed by atoms with Gasteiger partial charge in [0, 0.05) is 5.56 Å². The van der Waals surface area contributed by atoms with Crippen molar-refractivity contribution in [1.82, 2.24) is 5.32 Å². The molecular formula is C12H12FNO. The van der Waals surface area contributed by atoms with Gasteiger partial charge in [-0.25, -0.2) is 4.39 Å². The summed E-state index contributed by atoms with van der Waals surface area (Å²) in [5.41, 5.74) is 1.10. The van der Waals surface area contributed by atoms with Gasteiger partial charge >= 0.3 is 0 Å². The zero-order valence-corrected chi connectivity index (χ0v) is 8.51. The topological polar surface area (TPSA) is 29.1 Å². The average Bonchev–Trinajstić information content (AvgIpc) is 2.16. The predicted molar refractivity (Wildman–Crippen MR) is 57.2 cm³/mol. The molecule has 0 radical (unpaired) electrons. The minimum absolute atomic E-state index is 0.132. The molecule has 0 aromatic heterocycles. The highest BCUT2D eigenvalue weighted by molar-refractivity contribution is 5.97. The number of ketones is 1. The highest BCUT2D eigenvalue weighted by Gasteiger charge is 2.06. The van der Waals surface area contributed by atoms with Gasteiger partial charge in [0.15, 0.2) is 5.78 Å². The van der Waals surface area contributed by atoms with Gasteiger partial charge in [-0.2, -0.15) is 0 Å². The first-order valence-corrected chi connectivity index (χ1v) is 4.58. The maximum atomic E-state index is 13.0. The van der Waals surface area contributed by atoms with Gasteiger partial charge in [0.25, 0.3) is 0 Å². The summed E-state index contributed by atoms with van der Waals surface area (Å²) < 4.78 is 13.0. The lowest BCUT2D eigenvalue weighted by molar-refractivity contribution is 0.0992. The number of aryl methyl sites for hydroxylation is 1. The number of rotatable bonds is 4. The first-order chi connectivity index (χ1) is 7.13. The third-order valence-corrected chi connectivity index (χ3v) is 1.88. The lowest BCUT2D eigenvalue weighted by atomic mass is 10.1. The van der Waals surface area contributed by atoms with Crippen molar-refractivity contribution in [3.63, 3.8) is 0 Å². The summed E-state index contributed by atoms with van der Waals surface area (Å²) in [5, 5.41) is 2.76. The second kappa shape index (κ2) is 5.28. The van der Waals surface area contributed by atoms with Crippen LogP contribution in [-0.2, 0) is 0 Å². The summed E-state index contributed by atoms with van der Waals surface area (Å²) in [4.78, 5) is 11.5. The second-order valence-corrected chi connectivity index (χ2v) is 3.25. The monoisotopic (exact) mass is 205 g/mol. The van der Waals surface area contributed by atoms with Gasteiger partial charge in [-0.3, -0.25) is 10.1 Å². The SMILES string of the molecule is C#CCNCC(=O)c1cc(C)cc(F)c1. The molecule has 0 amide bonds. The number of Topliss-reactive ketones (excluding diaryl/α,β-unsaturated/α-hetero) is 1. The number of halogens is 1. The predicted octanol–water partition coefficient (Wildman–Crippen LogP) is 1.54. The number of hydrogen-bond acceptors (Lipinski definition) is 2. The Morgan fingerprint density at radius 1 is 1.53 bits per heavy atom. The van der Waals surface area contributed by atoms with E-state index in [9.17, 15) is 9.18 Å². The molecule has 1 aromatic rings. The van der Waals surface area contributed by atoms with Gasteiger partial charge in [-0.15, -0.1) is 6.42 Å². The lowest BCUT2D eigenvalue weighted by Crippen LogP contribution is -2.23. The number of benzene rings is 1. The van der Waals surface area contributed by atoms with Gasteiger partial charge < -0.3 is 0 Å². The molecule has 0 fully saturated rings. The molecule has 0 saturated carbocycles. The third-order valence-electron chi connectivity index (χ3n) is 1.88. The maximum Gasteiger partial charge on any atom is 0.176 e. The summed E-state index contributed by atoms with van der Waals surface area (Å²) in [5.74, 6) is 1.81. The fourth-order valence-corrected chi connectivity index (χ4v) is 1.25. The first-order valence-electron chi connectivity index (χ1n) is 4.58. The van der Waals surface area contributed by atoms with E-state index in [1.807, 2.05) is 0 Å². The van der Waals surface area contributed by atoms with E-state index < -0.39 is 5.82 Å². The summed E-state index contributed by atoms with van der Waals surface area (Å²) in [6.45, 7) is 2.21. The first kappa shape index (κ1) is 11.4. The Hall–Kier alpha value is -1.66. The molecule has 0 bridgehead atoms. The maximum absolute atomic E-state index is 13.0. The highest BCUT2D eigenvalue weighted by Crippen LogP contribution is 2.08. The molecule has 0 aliphatic heterocycles. The molecule has 1 rings (SSSR count). The zero-order valence-electron chi connectivity index (χ0n) is 8.51. The molecule has 3 heteroatoms. The summed E-state index contributed by atoms with van der Waals surface area (Å²) in [6, 6.07) is 4.27. The van der Waals surface area contributed by atoms with Crippen molar-refractivity contribution in [2.45, 2.75) is 6.92 Å². The minimum atomic E-state index is -0.393. The third kappa shape index (κ3) is 3.53. The van der Waals surface area contributed by atoms with Crippen molar-refractivity contribution in [3.05, 3.63) is 35.1 Å². The average molecular weight is 205 g/mol. The Morgan fingerprint density at radius 3 is 2.87 bits per heavy atom. The van der Waals surface area contributed by atoms with Gasteiger partial charge in [0.1, 0.15) is 5.82 Å². The van der Waals surface area contributed by atoms with E-state index >= 15 is 0 Å². The Balaban J connectivity index is 2.70. The molecule has 0 unspecified atom stereocenters. The van der Waals surface area contributed by atoms with Crippen LogP contribution in [0.15, 0.2) is 18.2 Å². The molecule has 0 saturated heterocycles. The summed E-state index contributed by atoms with van der Waals surface area (Å²) >= 11 is 0. The van der Waals surface area contributed by atoms with Crippen LogP contribution in [0.25, 0.3) is 0 Å². The largest absolute Gasteiger partial charge is 0.299 e. The second-order valence-electron chi connectivity index (χ2n) is 3.25. The zero-order chi connectivity index (χ0) is 11.3. The molecule has 0 aliphatic rings. The number of carbonyl (C=O) groups excluding carboxylic acids is 1. The van der Waals surface area contributed by atoms with Crippen LogP contribution in [0, 0.1) is 25.1 Å². The Morgan fingerprint density at radius 2 is 2.27 bits per heavy atom. The van der Waals surface area contributed by atoms with Crippen LogP contribution in [-0.4, -0.2) is 18.9 Å². The quantitative estimate of drug-likeness (QED) is 0.459. The van der Waals surface area contributed by atoms with E-state index in [-0.39, 0.29) is 12.3 Å². The molecule has 1 N–H and O–H groups in total. The van der Waals surface area contributed by atoms with Crippen LogP contribution >= 0.6 is 0 Å². The van der Waals surface area contributed by atoms with E-state index in [1.54, 1.807) is 13.0 Å². The smallest absolute Gasteiger partial charge is 0.176 e. The van der Waals surface area contributed by atoms with Crippen LogP contribution in [0.5, 0.6) is 0 Å². The fraction of sp³-hybridized carbons (Fsp3) is 0.250. The van der Waals surface area contributed by atoms with Gasteiger partial charge in [0.05, 0.1) is 13.1 Å². The molecule has 0 heterocycles. The normalized spacial score (nSPS) is 9.67. The van der Waals surface area contributed by atoms with Crippen molar-refractivity contribution in [2.24, 2.45) is 0 Å². The standard InChI is InChI=1S/C12H12FNO/c1-3-4-14-8-12(15)10-5-9(2)6-11(13)7-10/h1,5-7,14H,4,8H2,2H3. The molecule has 78 valence electrons. The van der Waals surface area contributed by atoms with E-state index in [1.165, 1.54) is 12.1 Å². The van der Waals surface area contributed by atoms with Crippen molar-refractivity contribution in [1.29, 1.82) is 0 Å². The number of terminal acetylenes is 1. The number of hydrogen-bond donors (Lipinski definition) is 1. The van der Waals surface area contributed by atoms with Crippen LogP contribution in [0.3, 0.4) is 0 Å². The summed E-state index contributed by atoms with van der Waals surface area (Å²) in [7, 11) is 0. The Bertz CT molecular complexity index is 386. The van der Waals surface area contributed by atoms with Crippen molar-refractivity contribution in [3.8, 4) is 12.3 Å². The highest BCUT2D eigenvalue weighted by atomic mass is 19.1. The molecule has 2 nitrogen and oxygen atoms in total. The van der Waals surface area contributed by atoms with Crippen LogP contribution in [0.2, 0.25) is 0 Å². The molecule has 0 spiro atoms. The molecule has 15 heavy (non-hydrogen) atoms. The Kier molecular flexibility index (Phi) is 4.02. The fourth-order valence-electron chi connectivity index (χ4n) is 1.25. The van der Waals surface area contributed by atoms with E-state index in [0.717, 1.165) is 5.56 Å². The molecule has 0 atom stereocenters.